The maximum absolute atomic E-state index is 12.8. The summed E-state index contributed by atoms with van der Waals surface area (Å²) in [5.41, 5.74) is 2.60. The molecule has 0 fully saturated rings. The van der Waals surface area contributed by atoms with Crippen molar-refractivity contribution in [2.24, 2.45) is 7.05 Å². The van der Waals surface area contributed by atoms with E-state index in [2.05, 4.69) is 5.10 Å². The first-order valence-corrected chi connectivity index (χ1v) is 8.63. The summed E-state index contributed by atoms with van der Waals surface area (Å²) in [7, 11) is 1.66. The molecule has 0 spiro atoms. The fourth-order valence-electron chi connectivity index (χ4n) is 3.08. The zero-order valence-electron chi connectivity index (χ0n) is 15.1. The number of pyridine rings is 1. The lowest BCUT2D eigenvalue weighted by atomic mass is 10.2. The van der Waals surface area contributed by atoms with Crippen LogP contribution in [-0.2, 0) is 13.7 Å². The first-order chi connectivity index (χ1) is 13.0. The number of ether oxygens (including phenoxy) is 1. The number of hydrogen-bond acceptors (Lipinski definition) is 3. The lowest BCUT2D eigenvalue weighted by molar-refractivity contribution is 0.306. The van der Waals surface area contributed by atoms with Gasteiger partial charge in [-0.25, -0.2) is 4.68 Å². The van der Waals surface area contributed by atoms with Gasteiger partial charge in [0, 0.05) is 18.8 Å². The predicted molar refractivity (Wildman–Crippen MR) is 105 cm³/mol. The summed E-state index contributed by atoms with van der Waals surface area (Å²) in [5, 5.41) is 3.53. The van der Waals surface area contributed by atoms with Crippen LogP contribution in [0.3, 0.4) is 0 Å². The molecule has 1 N–H and O–H groups in total. The van der Waals surface area contributed by atoms with Gasteiger partial charge in [0.15, 0.2) is 0 Å². The van der Waals surface area contributed by atoms with Crippen molar-refractivity contribution in [2.45, 2.75) is 13.5 Å². The molecule has 6 heteroatoms. The van der Waals surface area contributed by atoms with Gasteiger partial charge in [-0.3, -0.25) is 14.7 Å². The van der Waals surface area contributed by atoms with Gasteiger partial charge in [0.2, 0.25) is 0 Å². The molecule has 6 nitrogen and oxygen atoms in total. The minimum absolute atomic E-state index is 0.155. The second kappa shape index (κ2) is 6.64. The molecule has 0 aliphatic carbocycles. The predicted octanol–water partition coefficient (Wildman–Crippen LogP) is 2.90. The van der Waals surface area contributed by atoms with E-state index in [1.807, 2.05) is 54.6 Å². The first kappa shape index (κ1) is 16.9. The van der Waals surface area contributed by atoms with E-state index in [1.54, 1.807) is 14.0 Å². The SMILES string of the molecule is Cc1c2c(=O)n(-c3ccc(OCc4ccccc4)cc3)[nH]c2cc(=O)n1C. The van der Waals surface area contributed by atoms with Crippen molar-refractivity contribution in [1.82, 2.24) is 14.3 Å². The van der Waals surface area contributed by atoms with E-state index in [-0.39, 0.29) is 11.1 Å². The van der Waals surface area contributed by atoms with Crippen LogP contribution >= 0.6 is 0 Å². The molecule has 4 aromatic rings. The average Bonchev–Trinajstić information content (AvgIpc) is 3.02. The lowest BCUT2D eigenvalue weighted by Gasteiger charge is -2.07. The number of aromatic amines is 1. The summed E-state index contributed by atoms with van der Waals surface area (Å²) < 4.78 is 8.70. The molecule has 0 radical (unpaired) electrons. The number of benzene rings is 2. The van der Waals surface area contributed by atoms with Gasteiger partial charge >= 0.3 is 0 Å². The molecule has 0 bridgehead atoms. The summed E-state index contributed by atoms with van der Waals surface area (Å²) in [4.78, 5) is 24.8. The standard InChI is InChI=1S/C21H19N3O3/c1-14-20-18(12-19(25)23(14)2)22-24(21(20)26)16-8-10-17(11-9-16)27-13-15-6-4-3-5-7-15/h3-12,22H,13H2,1-2H3. The molecule has 0 aliphatic rings. The minimum atomic E-state index is -0.184. The Balaban J connectivity index is 1.64. The maximum atomic E-state index is 12.8. The van der Waals surface area contributed by atoms with Crippen molar-refractivity contribution in [3.05, 3.63) is 92.6 Å². The molecule has 0 aliphatic heterocycles. The molecule has 2 heterocycles. The van der Waals surface area contributed by atoms with Gasteiger partial charge in [-0.05, 0) is 36.8 Å². The van der Waals surface area contributed by atoms with Crippen LogP contribution in [0.4, 0.5) is 0 Å². The maximum Gasteiger partial charge on any atom is 0.280 e. The van der Waals surface area contributed by atoms with Gasteiger partial charge in [0.25, 0.3) is 11.1 Å². The van der Waals surface area contributed by atoms with Crippen molar-refractivity contribution in [3.63, 3.8) is 0 Å². The molecule has 0 saturated carbocycles. The van der Waals surface area contributed by atoms with Crippen LogP contribution in [0.25, 0.3) is 16.6 Å². The van der Waals surface area contributed by atoms with Crippen molar-refractivity contribution < 1.29 is 4.74 Å². The second-order valence-electron chi connectivity index (χ2n) is 6.44. The van der Waals surface area contributed by atoms with Gasteiger partial charge in [-0.15, -0.1) is 0 Å². The number of fused-ring (bicyclic) bond motifs is 1. The van der Waals surface area contributed by atoms with Gasteiger partial charge in [0.1, 0.15) is 12.4 Å². The van der Waals surface area contributed by atoms with Crippen LogP contribution in [-0.4, -0.2) is 14.3 Å². The summed E-state index contributed by atoms with van der Waals surface area (Å²) in [6.07, 6.45) is 0. The van der Waals surface area contributed by atoms with Crippen molar-refractivity contribution in [1.29, 1.82) is 0 Å². The van der Waals surface area contributed by atoms with E-state index in [9.17, 15) is 9.59 Å². The van der Waals surface area contributed by atoms with Crippen LogP contribution in [0.2, 0.25) is 0 Å². The number of aryl methyl sites for hydroxylation is 1. The number of aromatic nitrogens is 3. The number of hydrogen-bond donors (Lipinski definition) is 1. The highest BCUT2D eigenvalue weighted by molar-refractivity contribution is 5.80. The zero-order valence-corrected chi connectivity index (χ0v) is 15.1. The third-order valence-corrected chi connectivity index (χ3v) is 4.73. The highest BCUT2D eigenvalue weighted by Crippen LogP contribution is 2.17. The summed E-state index contributed by atoms with van der Waals surface area (Å²) >= 11 is 0. The van der Waals surface area contributed by atoms with Crippen LogP contribution in [0.15, 0.2) is 70.3 Å². The molecule has 136 valence electrons. The number of rotatable bonds is 4. The minimum Gasteiger partial charge on any atom is -0.489 e. The van der Waals surface area contributed by atoms with Gasteiger partial charge in [-0.1, -0.05) is 30.3 Å². The Morgan fingerprint density at radius 2 is 1.70 bits per heavy atom. The highest BCUT2D eigenvalue weighted by atomic mass is 16.5. The van der Waals surface area contributed by atoms with Crippen molar-refractivity contribution >= 4 is 10.9 Å². The van der Waals surface area contributed by atoms with E-state index in [1.165, 1.54) is 15.3 Å². The quantitative estimate of drug-likeness (QED) is 0.608. The third-order valence-electron chi connectivity index (χ3n) is 4.73. The molecular weight excluding hydrogens is 342 g/mol. The first-order valence-electron chi connectivity index (χ1n) is 8.63. The molecule has 4 rings (SSSR count). The molecule has 2 aromatic carbocycles. The number of H-pyrrole nitrogens is 1. The van der Waals surface area contributed by atoms with Gasteiger partial charge < -0.3 is 9.30 Å². The Hall–Kier alpha value is -3.54. The third kappa shape index (κ3) is 3.06. The molecule has 0 unspecified atom stereocenters. The molecule has 0 saturated heterocycles. The van der Waals surface area contributed by atoms with E-state index in [0.29, 0.717) is 28.9 Å². The molecule has 27 heavy (non-hydrogen) atoms. The Morgan fingerprint density at radius 1 is 1.00 bits per heavy atom. The molecular formula is C21H19N3O3. The van der Waals surface area contributed by atoms with Crippen molar-refractivity contribution in [2.75, 3.05) is 0 Å². The Bertz CT molecular complexity index is 1220. The highest BCUT2D eigenvalue weighted by Gasteiger charge is 2.13. The van der Waals surface area contributed by atoms with Crippen LogP contribution in [0, 0.1) is 6.92 Å². The number of nitrogens with zero attached hydrogens (tertiary/aromatic N) is 2. The lowest BCUT2D eigenvalue weighted by Crippen LogP contribution is -2.20. The van der Waals surface area contributed by atoms with E-state index in [0.717, 1.165) is 11.3 Å². The van der Waals surface area contributed by atoms with Crippen LogP contribution in [0.1, 0.15) is 11.3 Å². The van der Waals surface area contributed by atoms with E-state index >= 15 is 0 Å². The topological polar surface area (TPSA) is 69.0 Å². The Kier molecular flexibility index (Phi) is 4.16. The zero-order chi connectivity index (χ0) is 19.0. The summed E-state index contributed by atoms with van der Waals surface area (Å²) in [5.74, 6) is 0.719. The number of nitrogens with one attached hydrogen (secondary N) is 1. The summed E-state index contributed by atoms with van der Waals surface area (Å²) in [6, 6.07) is 18.6. The monoisotopic (exact) mass is 361 g/mol. The van der Waals surface area contributed by atoms with Crippen LogP contribution < -0.4 is 15.9 Å². The van der Waals surface area contributed by atoms with Crippen molar-refractivity contribution in [3.8, 4) is 11.4 Å². The molecule has 2 aromatic heterocycles. The largest absolute Gasteiger partial charge is 0.489 e. The second-order valence-corrected chi connectivity index (χ2v) is 6.44. The molecule has 0 atom stereocenters. The van der Waals surface area contributed by atoms with Crippen LogP contribution in [0.5, 0.6) is 5.75 Å². The smallest absolute Gasteiger partial charge is 0.280 e. The average molecular weight is 361 g/mol. The Morgan fingerprint density at radius 3 is 2.41 bits per heavy atom. The fourth-order valence-corrected chi connectivity index (χ4v) is 3.08. The van der Waals surface area contributed by atoms with E-state index < -0.39 is 0 Å². The normalized spacial score (nSPS) is 11.0. The van der Waals surface area contributed by atoms with Gasteiger partial charge in [0.05, 0.1) is 16.6 Å². The summed E-state index contributed by atoms with van der Waals surface area (Å²) in [6.45, 7) is 2.25. The fraction of sp³-hybridized carbons (Fsp3) is 0.143. The Labute approximate surface area is 155 Å². The van der Waals surface area contributed by atoms with Gasteiger partial charge in [-0.2, -0.15) is 0 Å². The molecule has 0 amide bonds. The van der Waals surface area contributed by atoms with E-state index in [4.69, 9.17) is 4.74 Å².